The number of ether oxygens (including phenoxy) is 3. The van der Waals surface area contributed by atoms with Crippen LogP contribution in [0.25, 0.3) is 0 Å². The molecule has 0 bridgehead atoms. The Balaban J connectivity index is 2.43. The molecule has 0 unspecified atom stereocenters. The van der Waals surface area contributed by atoms with Crippen molar-refractivity contribution in [1.29, 1.82) is 0 Å². The Hall–Kier alpha value is -1.43. The second kappa shape index (κ2) is 8.63. The molecule has 0 aliphatic rings. The van der Waals surface area contributed by atoms with E-state index in [0.29, 0.717) is 19.8 Å². The van der Waals surface area contributed by atoms with Gasteiger partial charge in [0.25, 0.3) is 0 Å². The Morgan fingerprint density at radius 3 is 2.78 bits per heavy atom. The summed E-state index contributed by atoms with van der Waals surface area (Å²) in [5.41, 5.74) is 1.74. The molecule has 1 N–H and O–H groups in total. The van der Waals surface area contributed by atoms with E-state index >= 15 is 0 Å². The van der Waals surface area contributed by atoms with Crippen LogP contribution in [0.5, 0.6) is 0 Å². The van der Waals surface area contributed by atoms with Gasteiger partial charge in [-0.1, -0.05) is 12.1 Å². The van der Waals surface area contributed by atoms with Crippen molar-refractivity contribution in [1.82, 2.24) is 0 Å². The average molecular weight is 253 g/mol. The summed E-state index contributed by atoms with van der Waals surface area (Å²) in [6, 6.07) is 7.52. The van der Waals surface area contributed by atoms with Crippen molar-refractivity contribution in [2.45, 2.75) is 6.61 Å². The monoisotopic (exact) mass is 253 g/mol. The van der Waals surface area contributed by atoms with Crippen molar-refractivity contribution >= 4 is 11.6 Å². The molecule has 0 aliphatic carbocycles. The summed E-state index contributed by atoms with van der Waals surface area (Å²) in [5, 5.41) is 2.74. The largest absolute Gasteiger partial charge is 0.382 e. The van der Waals surface area contributed by atoms with E-state index in [1.54, 1.807) is 7.11 Å². The average Bonchev–Trinajstić information content (AvgIpc) is 2.35. The van der Waals surface area contributed by atoms with E-state index in [-0.39, 0.29) is 12.5 Å². The summed E-state index contributed by atoms with van der Waals surface area (Å²) in [6.45, 7) is 1.67. The highest BCUT2D eigenvalue weighted by molar-refractivity contribution is 5.91. The lowest BCUT2D eigenvalue weighted by molar-refractivity contribution is -0.119. The third-order valence-corrected chi connectivity index (χ3v) is 2.19. The zero-order valence-corrected chi connectivity index (χ0v) is 10.8. The molecular weight excluding hydrogens is 234 g/mol. The van der Waals surface area contributed by atoms with E-state index < -0.39 is 0 Å². The van der Waals surface area contributed by atoms with Crippen molar-refractivity contribution in [3.8, 4) is 0 Å². The van der Waals surface area contributed by atoms with Crippen LogP contribution in [-0.4, -0.2) is 39.9 Å². The number of hydrogen-bond donors (Lipinski definition) is 1. The van der Waals surface area contributed by atoms with Crippen molar-refractivity contribution in [3.63, 3.8) is 0 Å². The number of nitrogens with one attached hydrogen (secondary N) is 1. The van der Waals surface area contributed by atoms with Crippen LogP contribution < -0.4 is 5.32 Å². The Morgan fingerprint density at radius 2 is 2.06 bits per heavy atom. The Bertz CT molecular complexity index is 368. The molecule has 1 amide bonds. The van der Waals surface area contributed by atoms with Gasteiger partial charge in [-0.3, -0.25) is 4.79 Å². The second-order valence-electron chi connectivity index (χ2n) is 3.73. The molecule has 0 aliphatic heterocycles. The summed E-state index contributed by atoms with van der Waals surface area (Å²) < 4.78 is 15.0. The van der Waals surface area contributed by atoms with Crippen LogP contribution in [0.1, 0.15) is 5.56 Å². The van der Waals surface area contributed by atoms with E-state index in [1.807, 2.05) is 24.3 Å². The molecule has 5 nitrogen and oxygen atoms in total. The van der Waals surface area contributed by atoms with Gasteiger partial charge >= 0.3 is 0 Å². The minimum atomic E-state index is -0.171. The number of rotatable bonds is 8. The first-order chi connectivity index (χ1) is 8.76. The summed E-state index contributed by atoms with van der Waals surface area (Å²) >= 11 is 0. The lowest BCUT2D eigenvalue weighted by Gasteiger charge is -2.07. The highest BCUT2D eigenvalue weighted by atomic mass is 16.5. The first-order valence-corrected chi connectivity index (χ1v) is 5.70. The third kappa shape index (κ3) is 5.77. The third-order valence-electron chi connectivity index (χ3n) is 2.19. The summed E-state index contributed by atoms with van der Waals surface area (Å²) in [4.78, 5) is 11.3. The number of benzene rings is 1. The van der Waals surface area contributed by atoms with Gasteiger partial charge in [0.05, 0.1) is 19.8 Å². The smallest absolute Gasteiger partial charge is 0.250 e. The van der Waals surface area contributed by atoms with Crippen molar-refractivity contribution in [3.05, 3.63) is 29.8 Å². The van der Waals surface area contributed by atoms with Gasteiger partial charge in [0.2, 0.25) is 5.91 Å². The molecule has 0 aromatic heterocycles. The van der Waals surface area contributed by atoms with Crippen LogP contribution in [0.15, 0.2) is 24.3 Å². The summed E-state index contributed by atoms with van der Waals surface area (Å²) in [7, 11) is 3.12. The van der Waals surface area contributed by atoms with Gasteiger partial charge in [-0.2, -0.15) is 0 Å². The Morgan fingerprint density at radius 1 is 1.22 bits per heavy atom. The van der Waals surface area contributed by atoms with Crippen LogP contribution in [0.4, 0.5) is 5.69 Å². The first kappa shape index (κ1) is 14.6. The summed E-state index contributed by atoms with van der Waals surface area (Å²) in [5.74, 6) is -0.171. The molecule has 0 radical (unpaired) electrons. The zero-order valence-electron chi connectivity index (χ0n) is 10.8. The lowest BCUT2D eigenvalue weighted by atomic mass is 10.2. The number of hydrogen-bond acceptors (Lipinski definition) is 4. The minimum absolute atomic E-state index is 0.0502. The SMILES string of the molecule is COCCOCc1cccc(NC(=O)COC)c1. The van der Waals surface area contributed by atoms with Gasteiger partial charge in [-0.15, -0.1) is 0 Å². The molecule has 0 atom stereocenters. The lowest BCUT2D eigenvalue weighted by Crippen LogP contribution is -2.17. The molecule has 5 heteroatoms. The van der Waals surface area contributed by atoms with Gasteiger partial charge in [0.15, 0.2) is 0 Å². The zero-order chi connectivity index (χ0) is 13.2. The van der Waals surface area contributed by atoms with E-state index in [0.717, 1.165) is 11.3 Å². The van der Waals surface area contributed by atoms with Crippen LogP contribution in [0.3, 0.4) is 0 Å². The van der Waals surface area contributed by atoms with Crippen molar-refractivity contribution in [2.24, 2.45) is 0 Å². The van der Waals surface area contributed by atoms with Crippen LogP contribution >= 0.6 is 0 Å². The first-order valence-electron chi connectivity index (χ1n) is 5.70. The molecule has 1 aromatic rings. The van der Waals surface area contributed by atoms with Crippen LogP contribution in [-0.2, 0) is 25.6 Å². The van der Waals surface area contributed by atoms with E-state index in [4.69, 9.17) is 14.2 Å². The molecule has 0 saturated carbocycles. The molecule has 1 aromatic carbocycles. The number of amides is 1. The van der Waals surface area contributed by atoms with E-state index in [9.17, 15) is 4.79 Å². The predicted octanol–water partition coefficient (Wildman–Crippen LogP) is 1.43. The number of carbonyl (C=O) groups excluding carboxylic acids is 1. The van der Waals surface area contributed by atoms with Gasteiger partial charge in [-0.25, -0.2) is 0 Å². The fourth-order valence-electron chi connectivity index (χ4n) is 1.40. The standard InChI is InChI=1S/C13H19NO4/c1-16-6-7-18-9-11-4-3-5-12(8-11)14-13(15)10-17-2/h3-5,8H,6-7,9-10H2,1-2H3,(H,14,15). The normalized spacial score (nSPS) is 10.3. The molecule has 1 rings (SSSR count). The molecule has 100 valence electrons. The highest BCUT2D eigenvalue weighted by Gasteiger charge is 2.02. The maximum Gasteiger partial charge on any atom is 0.250 e. The van der Waals surface area contributed by atoms with Crippen molar-refractivity contribution < 1.29 is 19.0 Å². The fraction of sp³-hybridized carbons (Fsp3) is 0.462. The Labute approximate surface area is 107 Å². The van der Waals surface area contributed by atoms with E-state index in [2.05, 4.69) is 5.32 Å². The summed E-state index contributed by atoms with van der Waals surface area (Å²) in [6.07, 6.45) is 0. The van der Waals surface area contributed by atoms with Gasteiger partial charge < -0.3 is 19.5 Å². The van der Waals surface area contributed by atoms with Crippen LogP contribution in [0, 0.1) is 0 Å². The second-order valence-corrected chi connectivity index (χ2v) is 3.73. The minimum Gasteiger partial charge on any atom is -0.382 e. The molecular formula is C13H19NO4. The van der Waals surface area contributed by atoms with Gasteiger partial charge in [0.1, 0.15) is 6.61 Å². The maximum absolute atomic E-state index is 11.3. The molecule has 0 fully saturated rings. The molecule has 0 saturated heterocycles. The molecule has 0 spiro atoms. The molecule has 0 heterocycles. The maximum atomic E-state index is 11.3. The highest BCUT2D eigenvalue weighted by Crippen LogP contribution is 2.11. The van der Waals surface area contributed by atoms with Gasteiger partial charge in [-0.05, 0) is 17.7 Å². The van der Waals surface area contributed by atoms with Crippen LogP contribution in [0.2, 0.25) is 0 Å². The Kier molecular flexibility index (Phi) is 7.01. The topological polar surface area (TPSA) is 56.8 Å². The fourth-order valence-corrected chi connectivity index (χ4v) is 1.40. The quantitative estimate of drug-likeness (QED) is 0.712. The number of carbonyl (C=O) groups is 1. The van der Waals surface area contributed by atoms with Gasteiger partial charge in [0, 0.05) is 19.9 Å². The van der Waals surface area contributed by atoms with E-state index in [1.165, 1.54) is 7.11 Å². The predicted molar refractivity (Wildman–Crippen MR) is 68.5 cm³/mol. The van der Waals surface area contributed by atoms with Crippen molar-refractivity contribution in [2.75, 3.05) is 39.4 Å². The number of methoxy groups -OCH3 is 2. The molecule has 18 heavy (non-hydrogen) atoms. The number of anilines is 1.